The van der Waals surface area contributed by atoms with Crippen molar-refractivity contribution in [2.75, 3.05) is 5.73 Å². The van der Waals surface area contributed by atoms with Crippen LogP contribution < -0.4 is 5.73 Å². The lowest BCUT2D eigenvalue weighted by molar-refractivity contribution is 1.56. The van der Waals surface area contributed by atoms with Gasteiger partial charge in [-0.3, -0.25) is 0 Å². The minimum Gasteiger partial charge on any atom is -0.398 e. The van der Waals surface area contributed by atoms with Crippen molar-refractivity contribution in [3.63, 3.8) is 0 Å². The maximum atomic E-state index is 6.02. The van der Waals surface area contributed by atoms with Gasteiger partial charge >= 0.3 is 0 Å². The second-order valence-electron chi connectivity index (χ2n) is 4.64. The van der Waals surface area contributed by atoms with E-state index in [0.717, 1.165) is 16.8 Å². The number of para-hydroxylation sites is 1. The van der Waals surface area contributed by atoms with Gasteiger partial charge in [0, 0.05) is 14.8 Å². The van der Waals surface area contributed by atoms with Gasteiger partial charge in [0.05, 0.1) is 0 Å². The Hall–Kier alpha value is -1.81. The molecule has 0 aliphatic rings. The minimum absolute atomic E-state index is 0.814. The van der Waals surface area contributed by atoms with Crippen LogP contribution in [0.5, 0.6) is 0 Å². The predicted molar refractivity (Wildman–Crippen MR) is 94.4 cm³/mol. The van der Waals surface area contributed by atoms with Gasteiger partial charge in [-0.1, -0.05) is 60.7 Å². The zero-order valence-corrected chi connectivity index (χ0v) is 13.0. The molecular formula is C18H14IN. The number of nitrogen functional groups attached to an aromatic ring is 1. The Bertz CT molecular complexity index is 668. The molecule has 0 radical (unpaired) electrons. The van der Waals surface area contributed by atoms with E-state index in [1.807, 2.05) is 18.2 Å². The van der Waals surface area contributed by atoms with Crippen LogP contribution in [0.2, 0.25) is 0 Å². The Kier molecular flexibility index (Phi) is 3.74. The molecule has 2 heteroatoms. The highest BCUT2D eigenvalue weighted by atomic mass is 127. The second-order valence-corrected chi connectivity index (χ2v) is 5.81. The molecule has 0 atom stereocenters. The van der Waals surface area contributed by atoms with E-state index in [4.69, 9.17) is 5.73 Å². The molecule has 0 amide bonds. The van der Waals surface area contributed by atoms with Crippen LogP contribution in [0, 0.1) is 3.57 Å². The molecule has 3 rings (SSSR count). The van der Waals surface area contributed by atoms with Gasteiger partial charge in [0.15, 0.2) is 0 Å². The lowest BCUT2D eigenvalue weighted by Crippen LogP contribution is -1.89. The number of rotatable bonds is 2. The molecule has 3 aromatic carbocycles. The van der Waals surface area contributed by atoms with Gasteiger partial charge in [0.25, 0.3) is 0 Å². The van der Waals surface area contributed by atoms with Gasteiger partial charge in [-0.25, -0.2) is 0 Å². The van der Waals surface area contributed by atoms with E-state index >= 15 is 0 Å². The molecule has 1 nitrogen and oxygen atoms in total. The molecule has 98 valence electrons. The summed E-state index contributed by atoms with van der Waals surface area (Å²) in [7, 11) is 0. The molecule has 0 saturated heterocycles. The third-order valence-corrected chi connectivity index (χ3v) is 4.28. The van der Waals surface area contributed by atoms with E-state index in [0.29, 0.717) is 0 Å². The van der Waals surface area contributed by atoms with Crippen LogP contribution >= 0.6 is 22.6 Å². The normalized spacial score (nSPS) is 10.4. The summed E-state index contributed by atoms with van der Waals surface area (Å²) in [6.45, 7) is 0. The molecule has 0 spiro atoms. The fraction of sp³-hybridized carbons (Fsp3) is 0. The first-order valence-corrected chi connectivity index (χ1v) is 7.53. The summed E-state index contributed by atoms with van der Waals surface area (Å²) in [5.74, 6) is 0. The standard InChI is InChI=1S/C18H14IN/c19-17-7-3-1-5-15(17)13-9-11-14(12-10-13)16-6-2-4-8-18(16)20/h1-12H,20H2. The first kappa shape index (κ1) is 13.2. The molecule has 0 unspecified atom stereocenters. The maximum absolute atomic E-state index is 6.02. The number of anilines is 1. The summed E-state index contributed by atoms with van der Waals surface area (Å²) in [4.78, 5) is 0. The van der Waals surface area contributed by atoms with E-state index in [-0.39, 0.29) is 0 Å². The van der Waals surface area contributed by atoms with Crippen molar-refractivity contribution in [1.29, 1.82) is 0 Å². The Balaban J connectivity index is 2.01. The van der Waals surface area contributed by atoms with Gasteiger partial charge in [-0.15, -0.1) is 0 Å². The predicted octanol–water partition coefficient (Wildman–Crippen LogP) is 5.21. The Morgan fingerprint density at radius 3 is 1.70 bits per heavy atom. The average molecular weight is 371 g/mol. The van der Waals surface area contributed by atoms with E-state index in [2.05, 4.69) is 77.2 Å². The molecule has 2 N–H and O–H groups in total. The van der Waals surface area contributed by atoms with Crippen LogP contribution in [0.1, 0.15) is 0 Å². The van der Waals surface area contributed by atoms with Gasteiger partial charge in [-0.05, 0) is 51.4 Å². The number of halogens is 1. The summed E-state index contributed by atoms with van der Waals surface area (Å²) < 4.78 is 1.26. The van der Waals surface area contributed by atoms with Crippen LogP contribution in [0.3, 0.4) is 0 Å². The molecule has 0 aliphatic carbocycles. The number of hydrogen-bond acceptors (Lipinski definition) is 1. The van der Waals surface area contributed by atoms with Crippen LogP contribution in [-0.4, -0.2) is 0 Å². The fourth-order valence-electron chi connectivity index (χ4n) is 2.28. The molecule has 0 aliphatic heterocycles. The minimum atomic E-state index is 0.814. The van der Waals surface area contributed by atoms with E-state index in [9.17, 15) is 0 Å². The lowest BCUT2D eigenvalue weighted by Gasteiger charge is -2.08. The zero-order valence-electron chi connectivity index (χ0n) is 10.9. The van der Waals surface area contributed by atoms with Crippen molar-refractivity contribution >= 4 is 28.3 Å². The van der Waals surface area contributed by atoms with E-state index in [1.54, 1.807) is 0 Å². The molecule has 0 bridgehead atoms. The average Bonchev–Trinajstić information content (AvgIpc) is 2.49. The van der Waals surface area contributed by atoms with E-state index in [1.165, 1.54) is 14.7 Å². The van der Waals surface area contributed by atoms with Crippen LogP contribution in [0.4, 0.5) is 5.69 Å². The quantitative estimate of drug-likeness (QED) is 0.486. The first-order chi connectivity index (χ1) is 9.75. The van der Waals surface area contributed by atoms with Crippen LogP contribution in [0.15, 0.2) is 72.8 Å². The van der Waals surface area contributed by atoms with Gasteiger partial charge in [-0.2, -0.15) is 0 Å². The highest BCUT2D eigenvalue weighted by molar-refractivity contribution is 14.1. The number of nitrogens with two attached hydrogens (primary N) is 1. The third kappa shape index (κ3) is 2.56. The summed E-state index contributed by atoms with van der Waals surface area (Å²) >= 11 is 2.37. The molecule has 0 fully saturated rings. The van der Waals surface area contributed by atoms with Crippen molar-refractivity contribution in [2.24, 2.45) is 0 Å². The summed E-state index contributed by atoms with van der Waals surface area (Å²) in [6.07, 6.45) is 0. The third-order valence-electron chi connectivity index (χ3n) is 3.34. The van der Waals surface area contributed by atoms with Gasteiger partial charge < -0.3 is 5.73 Å². The second kappa shape index (κ2) is 5.67. The Labute approximate surface area is 132 Å². The summed E-state index contributed by atoms with van der Waals surface area (Å²) in [5.41, 5.74) is 11.6. The summed E-state index contributed by atoms with van der Waals surface area (Å²) in [6, 6.07) is 24.9. The number of benzene rings is 3. The zero-order chi connectivity index (χ0) is 13.9. The Morgan fingerprint density at radius 2 is 1.10 bits per heavy atom. The molecule has 0 aromatic heterocycles. The SMILES string of the molecule is Nc1ccccc1-c1ccc(-c2ccccc2I)cc1. The molecular weight excluding hydrogens is 357 g/mol. The van der Waals surface area contributed by atoms with Crippen LogP contribution in [0.25, 0.3) is 22.3 Å². The molecule has 0 heterocycles. The largest absolute Gasteiger partial charge is 0.398 e. The molecule has 20 heavy (non-hydrogen) atoms. The topological polar surface area (TPSA) is 26.0 Å². The highest BCUT2D eigenvalue weighted by Gasteiger charge is 2.04. The number of hydrogen-bond donors (Lipinski definition) is 1. The van der Waals surface area contributed by atoms with Crippen LogP contribution in [-0.2, 0) is 0 Å². The lowest BCUT2D eigenvalue weighted by atomic mass is 9.99. The maximum Gasteiger partial charge on any atom is 0.0393 e. The highest BCUT2D eigenvalue weighted by Crippen LogP contribution is 2.30. The van der Waals surface area contributed by atoms with Crippen molar-refractivity contribution in [1.82, 2.24) is 0 Å². The first-order valence-electron chi connectivity index (χ1n) is 6.45. The molecule has 3 aromatic rings. The monoisotopic (exact) mass is 371 g/mol. The van der Waals surface area contributed by atoms with E-state index < -0.39 is 0 Å². The van der Waals surface area contributed by atoms with Crippen molar-refractivity contribution < 1.29 is 0 Å². The fourth-order valence-corrected chi connectivity index (χ4v) is 2.98. The summed E-state index contributed by atoms with van der Waals surface area (Å²) in [5, 5.41) is 0. The molecule has 0 saturated carbocycles. The van der Waals surface area contributed by atoms with Crippen molar-refractivity contribution in [3.05, 3.63) is 76.4 Å². The van der Waals surface area contributed by atoms with Crippen molar-refractivity contribution in [3.8, 4) is 22.3 Å². The smallest absolute Gasteiger partial charge is 0.0393 e. The Morgan fingerprint density at radius 1 is 0.600 bits per heavy atom. The van der Waals surface area contributed by atoms with Crippen molar-refractivity contribution in [2.45, 2.75) is 0 Å². The van der Waals surface area contributed by atoms with Gasteiger partial charge in [0.2, 0.25) is 0 Å². The van der Waals surface area contributed by atoms with Gasteiger partial charge in [0.1, 0.15) is 0 Å².